The van der Waals surface area contributed by atoms with Crippen LogP contribution in [0.25, 0.3) is 0 Å². The van der Waals surface area contributed by atoms with Crippen LogP contribution < -0.4 is 4.74 Å². The Labute approximate surface area is 124 Å². The minimum Gasteiger partial charge on any atom is -0.490 e. The van der Waals surface area contributed by atoms with E-state index in [2.05, 4.69) is 11.4 Å². The molecule has 0 aliphatic heterocycles. The number of hydrogen-bond acceptors (Lipinski definition) is 3. The molecule has 1 aromatic heterocycles. The van der Waals surface area contributed by atoms with Crippen molar-refractivity contribution in [3.05, 3.63) is 52.2 Å². The van der Waals surface area contributed by atoms with Gasteiger partial charge < -0.3 is 4.74 Å². The SMILES string of the molecule is CC(C)Oc1ccccc1C(=O)CCCc1cccs1. The summed E-state index contributed by atoms with van der Waals surface area (Å²) in [5, 5.41) is 2.07. The normalized spacial score (nSPS) is 10.8. The number of carbonyl (C=O) groups is 1. The Bertz CT molecular complexity index is 544. The first-order valence-electron chi connectivity index (χ1n) is 6.98. The Morgan fingerprint density at radius 1 is 1.20 bits per heavy atom. The first-order valence-corrected chi connectivity index (χ1v) is 7.86. The van der Waals surface area contributed by atoms with Gasteiger partial charge in [-0.25, -0.2) is 0 Å². The van der Waals surface area contributed by atoms with Gasteiger partial charge in [-0.05, 0) is 50.3 Å². The fourth-order valence-corrected chi connectivity index (χ4v) is 2.82. The van der Waals surface area contributed by atoms with Gasteiger partial charge in [0.2, 0.25) is 0 Å². The molecule has 2 nitrogen and oxygen atoms in total. The van der Waals surface area contributed by atoms with Gasteiger partial charge in [0.05, 0.1) is 11.7 Å². The average molecular weight is 288 g/mol. The molecule has 0 aliphatic rings. The Hall–Kier alpha value is -1.61. The van der Waals surface area contributed by atoms with Crippen molar-refractivity contribution >= 4 is 17.1 Å². The lowest BCUT2D eigenvalue weighted by Gasteiger charge is -2.13. The summed E-state index contributed by atoms with van der Waals surface area (Å²) in [6, 6.07) is 11.7. The minimum atomic E-state index is 0.0788. The molecule has 0 fully saturated rings. The van der Waals surface area contributed by atoms with Crippen molar-refractivity contribution in [3.8, 4) is 5.75 Å². The summed E-state index contributed by atoms with van der Waals surface area (Å²) < 4.78 is 5.70. The fourth-order valence-electron chi connectivity index (χ4n) is 2.07. The fraction of sp³-hybridized carbons (Fsp3) is 0.353. The monoisotopic (exact) mass is 288 g/mol. The zero-order valence-electron chi connectivity index (χ0n) is 12.0. The molecule has 0 saturated carbocycles. The molecule has 0 amide bonds. The van der Waals surface area contributed by atoms with Crippen molar-refractivity contribution in [1.82, 2.24) is 0 Å². The van der Waals surface area contributed by atoms with E-state index in [1.54, 1.807) is 11.3 Å². The van der Waals surface area contributed by atoms with E-state index in [1.165, 1.54) is 4.88 Å². The zero-order chi connectivity index (χ0) is 14.4. The summed E-state index contributed by atoms with van der Waals surface area (Å²) >= 11 is 1.75. The first-order chi connectivity index (χ1) is 9.66. The van der Waals surface area contributed by atoms with Gasteiger partial charge in [-0.3, -0.25) is 4.79 Å². The number of Topliss-reactive ketones (excluding diaryl/α,β-unsaturated/α-hetero) is 1. The molecule has 20 heavy (non-hydrogen) atoms. The molecule has 0 radical (unpaired) electrons. The molecule has 106 valence electrons. The Morgan fingerprint density at radius 3 is 2.70 bits per heavy atom. The summed E-state index contributed by atoms with van der Waals surface area (Å²) in [5.41, 5.74) is 0.701. The summed E-state index contributed by atoms with van der Waals surface area (Å²) in [5.74, 6) is 0.862. The van der Waals surface area contributed by atoms with Crippen molar-refractivity contribution in [2.75, 3.05) is 0 Å². The molecule has 2 rings (SSSR count). The number of benzene rings is 1. The van der Waals surface area contributed by atoms with Gasteiger partial charge in [-0.15, -0.1) is 11.3 Å². The largest absolute Gasteiger partial charge is 0.490 e. The number of thiophene rings is 1. The maximum Gasteiger partial charge on any atom is 0.166 e. The van der Waals surface area contributed by atoms with Crippen molar-refractivity contribution in [2.24, 2.45) is 0 Å². The van der Waals surface area contributed by atoms with Crippen LogP contribution in [0.5, 0.6) is 5.75 Å². The Balaban J connectivity index is 1.94. The van der Waals surface area contributed by atoms with Crippen molar-refractivity contribution in [3.63, 3.8) is 0 Å². The van der Waals surface area contributed by atoms with E-state index in [0.29, 0.717) is 17.7 Å². The third kappa shape index (κ3) is 4.20. The second-order valence-corrected chi connectivity index (χ2v) is 6.05. The van der Waals surface area contributed by atoms with Gasteiger partial charge in [0.15, 0.2) is 5.78 Å². The van der Waals surface area contributed by atoms with Gasteiger partial charge in [0, 0.05) is 11.3 Å². The predicted octanol–water partition coefficient (Wildman–Crippen LogP) is 4.74. The summed E-state index contributed by atoms with van der Waals surface area (Å²) in [7, 11) is 0. The van der Waals surface area contributed by atoms with Crippen molar-refractivity contribution in [1.29, 1.82) is 0 Å². The molecule has 3 heteroatoms. The number of para-hydroxylation sites is 1. The highest BCUT2D eigenvalue weighted by molar-refractivity contribution is 7.09. The van der Waals surface area contributed by atoms with Gasteiger partial charge >= 0.3 is 0 Å². The first kappa shape index (κ1) is 14.8. The third-order valence-electron chi connectivity index (χ3n) is 2.96. The van der Waals surface area contributed by atoms with E-state index in [9.17, 15) is 4.79 Å². The van der Waals surface area contributed by atoms with Gasteiger partial charge in [-0.1, -0.05) is 18.2 Å². The summed E-state index contributed by atoms with van der Waals surface area (Å²) in [6.45, 7) is 3.94. The van der Waals surface area contributed by atoms with E-state index in [-0.39, 0.29) is 11.9 Å². The highest BCUT2D eigenvalue weighted by Crippen LogP contribution is 2.22. The number of hydrogen-bond donors (Lipinski definition) is 0. The van der Waals surface area contributed by atoms with Crippen LogP contribution in [0.15, 0.2) is 41.8 Å². The van der Waals surface area contributed by atoms with Crippen LogP contribution in [-0.4, -0.2) is 11.9 Å². The van der Waals surface area contributed by atoms with Crippen molar-refractivity contribution < 1.29 is 9.53 Å². The molecule has 0 spiro atoms. The predicted molar refractivity (Wildman–Crippen MR) is 83.8 cm³/mol. The highest BCUT2D eigenvalue weighted by atomic mass is 32.1. The molecule has 0 atom stereocenters. The number of rotatable bonds is 7. The minimum absolute atomic E-state index is 0.0788. The summed E-state index contributed by atoms with van der Waals surface area (Å²) in [4.78, 5) is 13.6. The topological polar surface area (TPSA) is 26.3 Å². The van der Waals surface area contributed by atoms with Crippen LogP contribution in [0.4, 0.5) is 0 Å². The maximum atomic E-state index is 12.3. The molecule has 0 saturated heterocycles. The van der Waals surface area contributed by atoms with Crippen LogP contribution in [0.2, 0.25) is 0 Å². The smallest absolute Gasteiger partial charge is 0.166 e. The van der Waals surface area contributed by atoms with Crippen LogP contribution in [0.1, 0.15) is 41.9 Å². The maximum absolute atomic E-state index is 12.3. The molecule has 1 aromatic carbocycles. The number of carbonyl (C=O) groups excluding carboxylic acids is 1. The standard InChI is InChI=1S/C17H20O2S/c1-13(2)19-17-11-4-3-9-15(17)16(18)10-5-7-14-8-6-12-20-14/h3-4,6,8-9,11-13H,5,7,10H2,1-2H3. The van der Waals surface area contributed by atoms with E-state index in [4.69, 9.17) is 4.74 Å². The lowest BCUT2D eigenvalue weighted by molar-refractivity contribution is 0.0974. The Kier molecular flexibility index (Phi) is 5.36. The zero-order valence-corrected chi connectivity index (χ0v) is 12.8. The van der Waals surface area contributed by atoms with Gasteiger partial charge in [0.1, 0.15) is 5.75 Å². The second-order valence-electron chi connectivity index (χ2n) is 5.02. The molecule has 2 aromatic rings. The molecular formula is C17H20O2S. The van der Waals surface area contributed by atoms with Crippen LogP contribution in [0, 0.1) is 0 Å². The molecule has 1 heterocycles. The van der Waals surface area contributed by atoms with Gasteiger partial charge in [-0.2, -0.15) is 0 Å². The average Bonchev–Trinajstić information content (AvgIpc) is 2.91. The lowest BCUT2D eigenvalue weighted by Crippen LogP contribution is -2.10. The van der Waals surface area contributed by atoms with E-state index in [0.717, 1.165) is 12.8 Å². The van der Waals surface area contributed by atoms with E-state index in [1.807, 2.05) is 44.2 Å². The van der Waals surface area contributed by atoms with E-state index < -0.39 is 0 Å². The van der Waals surface area contributed by atoms with Crippen LogP contribution in [-0.2, 0) is 6.42 Å². The third-order valence-corrected chi connectivity index (χ3v) is 3.89. The number of ether oxygens (including phenoxy) is 1. The van der Waals surface area contributed by atoms with Gasteiger partial charge in [0.25, 0.3) is 0 Å². The molecular weight excluding hydrogens is 268 g/mol. The van der Waals surface area contributed by atoms with Crippen LogP contribution >= 0.6 is 11.3 Å². The Morgan fingerprint density at radius 2 is 2.00 bits per heavy atom. The van der Waals surface area contributed by atoms with Crippen LogP contribution in [0.3, 0.4) is 0 Å². The highest BCUT2D eigenvalue weighted by Gasteiger charge is 2.12. The van der Waals surface area contributed by atoms with Crippen molar-refractivity contribution in [2.45, 2.75) is 39.2 Å². The molecule has 0 aliphatic carbocycles. The molecule has 0 unspecified atom stereocenters. The molecule has 0 N–H and O–H groups in total. The molecule has 0 bridgehead atoms. The number of aryl methyl sites for hydroxylation is 1. The quantitative estimate of drug-likeness (QED) is 0.688. The number of ketones is 1. The van der Waals surface area contributed by atoms with E-state index >= 15 is 0 Å². The summed E-state index contributed by atoms with van der Waals surface area (Å²) in [6.07, 6.45) is 2.50. The second kappa shape index (κ2) is 7.25. The lowest BCUT2D eigenvalue weighted by atomic mass is 10.0.